The monoisotopic (exact) mass is 608 g/mol. The Labute approximate surface area is 257 Å². The van der Waals surface area contributed by atoms with E-state index in [0.717, 1.165) is 0 Å². The molecule has 0 saturated carbocycles. The van der Waals surface area contributed by atoms with Gasteiger partial charge in [-0.3, -0.25) is 19.3 Å². The third-order valence-corrected chi connectivity index (χ3v) is 6.97. The number of hydrogen-bond acceptors (Lipinski definition) is 9. The molecule has 0 bridgehead atoms. The second-order valence-electron chi connectivity index (χ2n) is 10.6. The molecule has 12 nitrogen and oxygen atoms in total. The maximum absolute atomic E-state index is 14.2. The Hall–Kier alpha value is -4.87. The molecule has 236 valence electrons. The topological polar surface area (TPSA) is 149 Å². The fourth-order valence-electron chi connectivity index (χ4n) is 4.40. The average molecular weight is 609 g/mol. The number of carbonyl (C=O) groups is 4. The van der Waals surface area contributed by atoms with Crippen LogP contribution < -0.4 is 25.0 Å². The van der Waals surface area contributed by atoms with E-state index in [1.807, 2.05) is 20.8 Å². The first-order valence-electron chi connectivity index (χ1n) is 14.3. The van der Waals surface area contributed by atoms with Crippen molar-refractivity contribution >= 4 is 35.2 Å². The Morgan fingerprint density at radius 2 is 1.70 bits per heavy atom. The van der Waals surface area contributed by atoms with Crippen molar-refractivity contribution < 1.29 is 37.9 Å². The minimum absolute atomic E-state index is 0.201. The van der Waals surface area contributed by atoms with Crippen LogP contribution >= 0.6 is 0 Å². The van der Waals surface area contributed by atoms with E-state index in [4.69, 9.17) is 18.7 Å². The van der Waals surface area contributed by atoms with Crippen molar-refractivity contribution in [1.82, 2.24) is 10.5 Å². The first-order valence-corrected chi connectivity index (χ1v) is 14.3. The lowest BCUT2D eigenvalue weighted by molar-refractivity contribution is -0.128. The lowest BCUT2D eigenvalue weighted by Gasteiger charge is -2.35. The summed E-state index contributed by atoms with van der Waals surface area (Å²) in [6, 6.07) is 11.5. The Kier molecular flexibility index (Phi) is 11.5. The fourth-order valence-corrected chi connectivity index (χ4v) is 4.40. The Balaban J connectivity index is 2.11. The molecule has 1 unspecified atom stereocenters. The highest BCUT2D eigenvalue weighted by molar-refractivity contribution is 6.04. The predicted octanol–water partition coefficient (Wildman–Crippen LogP) is 4.97. The van der Waals surface area contributed by atoms with E-state index in [2.05, 4.69) is 15.8 Å². The molecule has 0 aliphatic rings. The number of esters is 1. The summed E-state index contributed by atoms with van der Waals surface area (Å²) < 4.78 is 21.3. The van der Waals surface area contributed by atoms with Gasteiger partial charge in [0.2, 0.25) is 17.7 Å². The molecule has 2 N–H and O–H groups in total. The largest absolute Gasteiger partial charge is 0.493 e. The van der Waals surface area contributed by atoms with Gasteiger partial charge in [0.15, 0.2) is 17.3 Å². The van der Waals surface area contributed by atoms with Gasteiger partial charge in [0.05, 0.1) is 26.4 Å². The molecule has 0 spiro atoms. The second-order valence-corrected chi connectivity index (χ2v) is 10.6. The van der Waals surface area contributed by atoms with Crippen LogP contribution in [0.15, 0.2) is 53.1 Å². The summed E-state index contributed by atoms with van der Waals surface area (Å²) in [6.07, 6.45) is 0.159. The number of carbonyl (C=O) groups excluding carboxylic acids is 4. The normalized spacial score (nSPS) is 11.7. The van der Waals surface area contributed by atoms with E-state index in [1.54, 1.807) is 50.2 Å². The molecule has 0 radical (unpaired) electrons. The van der Waals surface area contributed by atoms with Crippen molar-refractivity contribution in [2.45, 2.75) is 65.5 Å². The number of ether oxygens (including phenoxy) is 3. The second kappa shape index (κ2) is 15.0. The Morgan fingerprint density at radius 1 is 1.00 bits per heavy atom. The molecule has 0 aliphatic heterocycles. The summed E-state index contributed by atoms with van der Waals surface area (Å²) in [7, 11) is 2.92. The van der Waals surface area contributed by atoms with Gasteiger partial charge < -0.3 is 29.4 Å². The van der Waals surface area contributed by atoms with Crippen LogP contribution in [0.4, 0.5) is 11.5 Å². The van der Waals surface area contributed by atoms with Gasteiger partial charge in [0.25, 0.3) is 0 Å². The number of aromatic nitrogens is 1. The van der Waals surface area contributed by atoms with Crippen molar-refractivity contribution in [1.29, 1.82) is 0 Å². The van der Waals surface area contributed by atoms with Crippen LogP contribution in [0.2, 0.25) is 0 Å². The minimum Gasteiger partial charge on any atom is -0.493 e. The molecular formula is C32H40N4O8. The van der Waals surface area contributed by atoms with E-state index in [-0.39, 0.29) is 36.6 Å². The number of hydrogen-bond donors (Lipinski definition) is 2. The molecule has 0 aliphatic carbocycles. The van der Waals surface area contributed by atoms with Crippen molar-refractivity contribution in [2.75, 3.05) is 31.0 Å². The number of methoxy groups -OCH3 is 2. The zero-order valence-electron chi connectivity index (χ0n) is 26.2. The van der Waals surface area contributed by atoms with Gasteiger partial charge in [0, 0.05) is 35.7 Å². The molecule has 3 aromatic rings. The fraction of sp³-hybridized carbons (Fsp3) is 0.406. The van der Waals surface area contributed by atoms with Gasteiger partial charge in [-0.15, -0.1) is 0 Å². The summed E-state index contributed by atoms with van der Waals surface area (Å²) in [5.41, 5.74) is 0.341. The molecular weight excluding hydrogens is 568 g/mol. The van der Waals surface area contributed by atoms with E-state index in [1.165, 1.54) is 31.3 Å². The van der Waals surface area contributed by atoms with Crippen molar-refractivity contribution in [3.8, 4) is 11.5 Å². The number of para-hydroxylation sites is 1. The Bertz CT molecular complexity index is 1470. The SMILES string of the molecule is CCOC(=O)c1ccc(N(C(=O)CCC(=O)Nc2cc(C)on2)C(C(=O)NC(C)(C)CC)c2cccc(OC)c2OC)cc1. The lowest BCUT2D eigenvalue weighted by atomic mass is 9.97. The summed E-state index contributed by atoms with van der Waals surface area (Å²) in [5.74, 6) is -0.610. The summed E-state index contributed by atoms with van der Waals surface area (Å²) >= 11 is 0. The molecule has 1 atom stereocenters. The van der Waals surface area contributed by atoms with Gasteiger partial charge in [-0.25, -0.2) is 4.79 Å². The highest BCUT2D eigenvalue weighted by atomic mass is 16.5. The van der Waals surface area contributed by atoms with Crippen LogP contribution in [0.25, 0.3) is 0 Å². The first kappa shape index (κ1) is 33.6. The standard InChI is InChI=1S/C32H40N4O8/c1-8-32(4,5)34-30(39)28(23-11-10-12-24(41-6)29(23)42-7)36(22-15-13-21(14-16-22)31(40)43-9-2)27(38)18-17-26(37)33-25-19-20(3)44-35-25/h10-16,19,28H,8-9,17-18H2,1-7H3,(H,34,39)(H,33,35,37). The number of nitrogens with zero attached hydrogens (tertiary/aromatic N) is 2. The number of amides is 3. The van der Waals surface area contributed by atoms with Gasteiger partial charge in [-0.2, -0.15) is 0 Å². The average Bonchev–Trinajstić information content (AvgIpc) is 3.41. The quantitative estimate of drug-likeness (QED) is 0.242. The van der Waals surface area contributed by atoms with Crippen molar-refractivity contribution in [2.24, 2.45) is 0 Å². The third kappa shape index (κ3) is 8.36. The van der Waals surface area contributed by atoms with Crippen LogP contribution in [0.1, 0.15) is 74.7 Å². The van der Waals surface area contributed by atoms with Gasteiger partial charge in [-0.05, 0) is 64.4 Å². The molecule has 12 heteroatoms. The molecule has 3 rings (SSSR count). The summed E-state index contributed by atoms with van der Waals surface area (Å²) in [4.78, 5) is 54.6. The van der Waals surface area contributed by atoms with Crippen LogP contribution in [-0.2, 0) is 19.1 Å². The van der Waals surface area contributed by atoms with Gasteiger partial charge >= 0.3 is 5.97 Å². The van der Waals surface area contributed by atoms with Crippen LogP contribution in [-0.4, -0.2) is 55.2 Å². The maximum Gasteiger partial charge on any atom is 0.338 e. The first-order chi connectivity index (χ1) is 20.9. The van der Waals surface area contributed by atoms with Crippen LogP contribution in [0, 0.1) is 6.92 Å². The highest BCUT2D eigenvalue weighted by Gasteiger charge is 2.37. The maximum atomic E-state index is 14.2. The number of aryl methyl sites for hydroxylation is 1. The van der Waals surface area contributed by atoms with Crippen LogP contribution in [0.5, 0.6) is 11.5 Å². The molecule has 0 saturated heterocycles. The molecule has 1 aromatic heterocycles. The predicted molar refractivity (Wildman–Crippen MR) is 164 cm³/mol. The smallest absolute Gasteiger partial charge is 0.338 e. The van der Waals surface area contributed by atoms with E-state index in [0.29, 0.717) is 29.2 Å². The number of rotatable bonds is 14. The molecule has 44 heavy (non-hydrogen) atoms. The molecule has 0 fully saturated rings. The molecule has 3 amide bonds. The van der Waals surface area contributed by atoms with Crippen molar-refractivity contribution in [3.05, 3.63) is 65.4 Å². The zero-order chi connectivity index (χ0) is 32.4. The summed E-state index contributed by atoms with van der Waals surface area (Å²) in [5, 5.41) is 9.40. The Morgan fingerprint density at radius 3 is 2.27 bits per heavy atom. The van der Waals surface area contributed by atoms with Crippen molar-refractivity contribution in [3.63, 3.8) is 0 Å². The zero-order valence-corrected chi connectivity index (χ0v) is 26.2. The van der Waals surface area contributed by atoms with E-state index < -0.39 is 35.3 Å². The number of nitrogens with one attached hydrogen (secondary N) is 2. The van der Waals surface area contributed by atoms with Gasteiger partial charge in [0.1, 0.15) is 11.8 Å². The lowest BCUT2D eigenvalue weighted by Crippen LogP contribution is -2.50. The number of anilines is 2. The molecule has 2 aromatic carbocycles. The van der Waals surface area contributed by atoms with Gasteiger partial charge in [-0.1, -0.05) is 24.2 Å². The minimum atomic E-state index is -1.24. The van der Waals surface area contributed by atoms with Crippen LogP contribution in [0.3, 0.4) is 0 Å². The molecule has 1 heterocycles. The summed E-state index contributed by atoms with van der Waals surface area (Å²) in [6.45, 7) is 9.28. The highest BCUT2D eigenvalue weighted by Crippen LogP contribution is 2.39. The van der Waals surface area contributed by atoms with E-state index >= 15 is 0 Å². The third-order valence-electron chi connectivity index (χ3n) is 6.97. The number of benzene rings is 2. The van der Waals surface area contributed by atoms with E-state index in [9.17, 15) is 19.2 Å².